The molecule has 0 aliphatic heterocycles. The van der Waals surface area contributed by atoms with Crippen molar-refractivity contribution >= 4 is 0 Å². The summed E-state index contributed by atoms with van der Waals surface area (Å²) < 4.78 is 1.84. The SMILES string of the molecule is CCC(C(C)C)n1nnnc1CN. The molecule has 5 nitrogen and oxygen atoms in total. The fourth-order valence-corrected chi connectivity index (χ4v) is 1.53. The van der Waals surface area contributed by atoms with Gasteiger partial charge in [0.1, 0.15) is 0 Å². The summed E-state index contributed by atoms with van der Waals surface area (Å²) in [7, 11) is 0. The molecule has 0 radical (unpaired) electrons. The van der Waals surface area contributed by atoms with Crippen molar-refractivity contribution in [1.82, 2.24) is 20.2 Å². The van der Waals surface area contributed by atoms with Gasteiger partial charge in [-0.15, -0.1) is 5.10 Å². The monoisotopic (exact) mass is 183 g/mol. The summed E-state index contributed by atoms with van der Waals surface area (Å²) in [6.07, 6.45) is 1.02. The van der Waals surface area contributed by atoms with E-state index < -0.39 is 0 Å². The highest BCUT2D eigenvalue weighted by atomic mass is 15.6. The van der Waals surface area contributed by atoms with Gasteiger partial charge in [-0.2, -0.15) is 0 Å². The van der Waals surface area contributed by atoms with Crippen LogP contribution < -0.4 is 5.73 Å². The van der Waals surface area contributed by atoms with Crippen LogP contribution >= 0.6 is 0 Å². The molecule has 13 heavy (non-hydrogen) atoms. The fraction of sp³-hybridized carbons (Fsp3) is 0.875. The molecule has 0 bridgehead atoms. The number of nitrogens with zero attached hydrogens (tertiary/aromatic N) is 4. The zero-order valence-corrected chi connectivity index (χ0v) is 8.44. The minimum absolute atomic E-state index is 0.355. The van der Waals surface area contributed by atoms with Crippen molar-refractivity contribution in [3.8, 4) is 0 Å². The van der Waals surface area contributed by atoms with Gasteiger partial charge >= 0.3 is 0 Å². The molecule has 0 aliphatic carbocycles. The van der Waals surface area contributed by atoms with E-state index in [0.717, 1.165) is 12.2 Å². The lowest BCUT2D eigenvalue weighted by Gasteiger charge is -2.19. The van der Waals surface area contributed by atoms with Crippen LogP contribution in [0.3, 0.4) is 0 Å². The Morgan fingerprint density at radius 2 is 2.15 bits per heavy atom. The van der Waals surface area contributed by atoms with Crippen molar-refractivity contribution in [2.45, 2.75) is 39.8 Å². The van der Waals surface area contributed by atoms with E-state index in [2.05, 4.69) is 36.3 Å². The third-order valence-electron chi connectivity index (χ3n) is 2.25. The van der Waals surface area contributed by atoms with E-state index in [1.165, 1.54) is 0 Å². The van der Waals surface area contributed by atoms with Crippen LogP contribution in [0.15, 0.2) is 0 Å². The van der Waals surface area contributed by atoms with E-state index in [0.29, 0.717) is 18.5 Å². The Hall–Kier alpha value is -0.970. The standard InChI is InChI=1S/C8H17N5/c1-4-7(6(2)3)13-8(5-9)10-11-12-13/h6-7H,4-5,9H2,1-3H3. The van der Waals surface area contributed by atoms with Crippen molar-refractivity contribution in [2.75, 3.05) is 0 Å². The Morgan fingerprint density at radius 3 is 2.62 bits per heavy atom. The molecular weight excluding hydrogens is 166 g/mol. The van der Waals surface area contributed by atoms with E-state index in [9.17, 15) is 0 Å². The van der Waals surface area contributed by atoms with Crippen molar-refractivity contribution in [3.05, 3.63) is 5.82 Å². The second-order valence-electron chi connectivity index (χ2n) is 3.46. The lowest BCUT2D eigenvalue weighted by atomic mass is 10.0. The first kappa shape index (κ1) is 10.1. The molecular formula is C8H17N5. The van der Waals surface area contributed by atoms with E-state index in [4.69, 9.17) is 5.73 Å². The molecule has 0 saturated carbocycles. The summed E-state index contributed by atoms with van der Waals surface area (Å²) >= 11 is 0. The highest BCUT2D eigenvalue weighted by Crippen LogP contribution is 2.20. The van der Waals surface area contributed by atoms with Crippen LogP contribution in [0.2, 0.25) is 0 Å². The van der Waals surface area contributed by atoms with Crippen LogP contribution in [0.5, 0.6) is 0 Å². The molecule has 0 aromatic carbocycles. The van der Waals surface area contributed by atoms with Crippen LogP contribution in [0.4, 0.5) is 0 Å². The van der Waals surface area contributed by atoms with Gasteiger partial charge in [0, 0.05) is 0 Å². The molecule has 0 fully saturated rings. The largest absolute Gasteiger partial charge is 0.324 e. The number of hydrogen-bond acceptors (Lipinski definition) is 4. The lowest BCUT2D eigenvalue weighted by Crippen LogP contribution is -2.20. The zero-order valence-electron chi connectivity index (χ0n) is 8.44. The van der Waals surface area contributed by atoms with E-state index in [1.807, 2.05) is 4.68 Å². The normalized spacial score (nSPS) is 13.6. The number of hydrogen-bond donors (Lipinski definition) is 1. The fourth-order valence-electron chi connectivity index (χ4n) is 1.53. The maximum Gasteiger partial charge on any atom is 0.165 e. The van der Waals surface area contributed by atoms with Crippen LogP contribution in [-0.2, 0) is 6.54 Å². The summed E-state index contributed by atoms with van der Waals surface area (Å²) in [6, 6.07) is 0.355. The molecule has 0 saturated heterocycles. The topological polar surface area (TPSA) is 69.6 Å². The van der Waals surface area contributed by atoms with Gasteiger partial charge in [0.15, 0.2) is 5.82 Å². The summed E-state index contributed by atoms with van der Waals surface area (Å²) in [4.78, 5) is 0. The van der Waals surface area contributed by atoms with Gasteiger partial charge in [0.05, 0.1) is 12.6 Å². The molecule has 74 valence electrons. The van der Waals surface area contributed by atoms with Gasteiger partial charge in [-0.1, -0.05) is 20.8 Å². The first-order chi connectivity index (χ1) is 6.20. The van der Waals surface area contributed by atoms with Crippen LogP contribution in [-0.4, -0.2) is 20.2 Å². The molecule has 1 rings (SSSR count). The quantitative estimate of drug-likeness (QED) is 0.747. The van der Waals surface area contributed by atoms with Crippen LogP contribution in [0.25, 0.3) is 0 Å². The summed E-state index contributed by atoms with van der Waals surface area (Å²) in [5, 5.41) is 11.4. The minimum Gasteiger partial charge on any atom is -0.324 e. The zero-order chi connectivity index (χ0) is 9.84. The first-order valence-electron chi connectivity index (χ1n) is 4.67. The van der Waals surface area contributed by atoms with Gasteiger partial charge in [0.25, 0.3) is 0 Å². The Labute approximate surface area is 78.3 Å². The highest BCUT2D eigenvalue weighted by Gasteiger charge is 2.17. The number of aromatic nitrogens is 4. The average Bonchev–Trinajstić information content (AvgIpc) is 2.53. The molecule has 2 N–H and O–H groups in total. The smallest absolute Gasteiger partial charge is 0.165 e. The molecule has 0 amide bonds. The maximum atomic E-state index is 5.52. The third-order valence-corrected chi connectivity index (χ3v) is 2.25. The maximum absolute atomic E-state index is 5.52. The molecule has 1 atom stereocenters. The first-order valence-corrected chi connectivity index (χ1v) is 4.67. The summed E-state index contributed by atoms with van der Waals surface area (Å²) in [5.74, 6) is 1.29. The Bertz CT molecular complexity index is 255. The number of nitrogens with two attached hydrogens (primary N) is 1. The van der Waals surface area contributed by atoms with E-state index in [-0.39, 0.29) is 0 Å². The van der Waals surface area contributed by atoms with Crippen molar-refractivity contribution in [1.29, 1.82) is 0 Å². The van der Waals surface area contributed by atoms with Crippen LogP contribution in [0, 0.1) is 5.92 Å². The van der Waals surface area contributed by atoms with Gasteiger partial charge in [-0.25, -0.2) is 4.68 Å². The van der Waals surface area contributed by atoms with Crippen molar-refractivity contribution in [3.63, 3.8) is 0 Å². The second-order valence-corrected chi connectivity index (χ2v) is 3.46. The minimum atomic E-state index is 0.355. The number of tetrazole rings is 1. The highest BCUT2D eigenvalue weighted by molar-refractivity contribution is 4.83. The van der Waals surface area contributed by atoms with Crippen molar-refractivity contribution < 1.29 is 0 Å². The Kier molecular flexibility index (Phi) is 3.36. The van der Waals surface area contributed by atoms with E-state index >= 15 is 0 Å². The predicted octanol–water partition coefficient (Wildman–Crippen LogP) is 0.739. The molecule has 1 aromatic heterocycles. The van der Waals surface area contributed by atoms with Crippen molar-refractivity contribution in [2.24, 2.45) is 11.7 Å². The third kappa shape index (κ3) is 2.03. The molecule has 0 aliphatic rings. The number of rotatable bonds is 4. The molecule has 1 aromatic rings. The predicted molar refractivity (Wildman–Crippen MR) is 49.9 cm³/mol. The Balaban J connectivity index is 2.90. The van der Waals surface area contributed by atoms with E-state index in [1.54, 1.807) is 0 Å². The van der Waals surface area contributed by atoms with Crippen LogP contribution in [0.1, 0.15) is 39.1 Å². The molecule has 0 spiro atoms. The average molecular weight is 183 g/mol. The molecule has 5 heteroatoms. The van der Waals surface area contributed by atoms with Gasteiger partial charge in [-0.05, 0) is 22.8 Å². The summed E-state index contributed by atoms with van der Waals surface area (Å²) in [5.41, 5.74) is 5.52. The summed E-state index contributed by atoms with van der Waals surface area (Å²) in [6.45, 7) is 6.86. The van der Waals surface area contributed by atoms with Gasteiger partial charge < -0.3 is 5.73 Å². The molecule has 1 heterocycles. The lowest BCUT2D eigenvalue weighted by molar-refractivity contribution is 0.322. The molecule has 1 unspecified atom stereocenters. The van der Waals surface area contributed by atoms with Gasteiger partial charge in [0.2, 0.25) is 0 Å². The Morgan fingerprint density at radius 1 is 1.46 bits per heavy atom. The second kappa shape index (κ2) is 4.32. The van der Waals surface area contributed by atoms with Gasteiger partial charge in [-0.3, -0.25) is 0 Å².